The number of carbonyl (C=O) groups is 1. The number of aryl methyl sites for hydroxylation is 2. The third-order valence-corrected chi connectivity index (χ3v) is 6.30. The Bertz CT molecular complexity index is 1040. The summed E-state index contributed by atoms with van der Waals surface area (Å²) in [5, 5.41) is 1.54. The average Bonchev–Trinajstić information content (AvgIpc) is 3.00. The summed E-state index contributed by atoms with van der Waals surface area (Å²) in [6.45, 7) is 2.72. The summed E-state index contributed by atoms with van der Waals surface area (Å²) < 4.78 is 10.7. The van der Waals surface area contributed by atoms with Gasteiger partial charge in [0.25, 0.3) is 0 Å². The first-order valence-corrected chi connectivity index (χ1v) is 10.5. The van der Waals surface area contributed by atoms with Gasteiger partial charge in [-0.25, -0.2) is 0 Å². The number of esters is 1. The van der Waals surface area contributed by atoms with Crippen LogP contribution in [0.4, 0.5) is 0 Å². The van der Waals surface area contributed by atoms with Gasteiger partial charge in [0.1, 0.15) is 12.4 Å². The molecule has 0 radical (unpaired) electrons. The molecule has 5 heteroatoms. The van der Waals surface area contributed by atoms with Crippen LogP contribution in [0.2, 0.25) is 5.02 Å². The molecule has 3 aromatic rings. The lowest BCUT2D eigenvalue weighted by atomic mass is 9.78. The summed E-state index contributed by atoms with van der Waals surface area (Å²) >= 11 is 6.52. The zero-order valence-corrected chi connectivity index (χ0v) is 17.6. The Kier molecular flexibility index (Phi) is 5.81. The van der Waals surface area contributed by atoms with Crippen LogP contribution >= 0.6 is 11.6 Å². The van der Waals surface area contributed by atoms with E-state index in [1.54, 1.807) is 0 Å². The summed E-state index contributed by atoms with van der Waals surface area (Å²) in [5.74, 6) is 1.28. The van der Waals surface area contributed by atoms with Crippen LogP contribution in [0.5, 0.6) is 5.75 Å². The van der Waals surface area contributed by atoms with Crippen molar-refractivity contribution in [2.24, 2.45) is 0 Å². The largest absolute Gasteiger partial charge is 0.489 e. The molecule has 1 fully saturated rings. The van der Waals surface area contributed by atoms with Crippen molar-refractivity contribution in [3.8, 4) is 5.75 Å². The smallest absolute Gasteiger partial charge is 0.305 e. The third kappa shape index (κ3) is 4.27. The predicted octanol–water partition coefficient (Wildman–Crippen LogP) is 6.08. The lowest BCUT2D eigenvalue weighted by Crippen LogP contribution is -2.10. The number of aromatic amines is 1. The molecule has 1 aromatic heterocycles. The van der Waals surface area contributed by atoms with Crippen molar-refractivity contribution in [2.75, 3.05) is 7.11 Å². The maximum atomic E-state index is 11.4. The quantitative estimate of drug-likeness (QED) is 0.479. The van der Waals surface area contributed by atoms with Crippen molar-refractivity contribution in [3.63, 3.8) is 0 Å². The van der Waals surface area contributed by atoms with Crippen LogP contribution in [0.25, 0.3) is 10.9 Å². The van der Waals surface area contributed by atoms with Crippen molar-refractivity contribution in [3.05, 3.63) is 63.8 Å². The Hall–Kier alpha value is -2.46. The van der Waals surface area contributed by atoms with Crippen molar-refractivity contribution in [1.29, 1.82) is 0 Å². The number of methoxy groups -OCH3 is 1. The molecule has 0 aliphatic heterocycles. The topological polar surface area (TPSA) is 51.3 Å². The van der Waals surface area contributed by atoms with Gasteiger partial charge in [-0.3, -0.25) is 4.79 Å². The molecule has 4 nitrogen and oxygen atoms in total. The number of aromatic nitrogens is 1. The van der Waals surface area contributed by atoms with E-state index in [-0.39, 0.29) is 5.97 Å². The number of hydrogen-bond acceptors (Lipinski definition) is 3. The molecule has 0 amide bonds. The molecule has 1 saturated carbocycles. The fraction of sp³-hybridized carbons (Fsp3) is 0.375. The van der Waals surface area contributed by atoms with Gasteiger partial charge >= 0.3 is 5.97 Å². The highest BCUT2D eigenvalue weighted by Crippen LogP contribution is 2.38. The highest BCUT2D eigenvalue weighted by molar-refractivity contribution is 6.36. The van der Waals surface area contributed by atoms with Crippen LogP contribution in [0.3, 0.4) is 0 Å². The molecule has 2 aromatic carbocycles. The highest BCUT2D eigenvalue weighted by Gasteiger charge is 2.21. The number of hydrogen-bond donors (Lipinski definition) is 1. The van der Waals surface area contributed by atoms with Crippen molar-refractivity contribution < 1.29 is 14.3 Å². The van der Waals surface area contributed by atoms with Crippen LogP contribution in [0.1, 0.15) is 54.0 Å². The van der Waals surface area contributed by atoms with Gasteiger partial charge < -0.3 is 14.5 Å². The fourth-order valence-corrected chi connectivity index (χ4v) is 4.25. The summed E-state index contributed by atoms with van der Waals surface area (Å²) in [6, 6.07) is 12.5. The second-order valence-electron chi connectivity index (χ2n) is 7.81. The zero-order chi connectivity index (χ0) is 20.4. The van der Waals surface area contributed by atoms with E-state index < -0.39 is 0 Å². The number of benzene rings is 2. The van der Waals surface area contributed by atoms with Crippen molar-refractivity contribution in [2.45, 2.75) is 51.6 Å². The van der Waals surface area contributed by atoms with Gasteiger partial charge in [0, 0.05) is 16.6 Å². The van der Waals surface area contributed by atoms with E-state index in [0.717, 1.165) is 28.3 Å². The van der Waals surface area contributed by atoms with Gasteiger partial charge in [-0.05, 0) is 67.0 Å². The number of ether oxygens (including phenoxy) is 2. The monoisotopic (exact) mass is 411 g/mol. The number of carbonyl (C=O) groups excluding carboxylic acids is 1. The Labute approximate surface area is 176 Å². The Morgan fingerprint density at radius 1 is 1.21 bits per heavy atom. The normalized spacial score (nSPS) is 14.0. The molecule has 0 atom stereocenters. The zero-order valence-electron chi connectivity index (χ0n) is 16.9. The van der Waals surface area contributed by atoms with E-state index in [9.17, 15) is 4.79 Å². The summed E-state index contributed by atoms with van der Waals surface area (Å²) in [6.07, 6.45) is 4.79. The minimum atomic E-state index is -0.248. The van der Waals surface area contributed by atoms with Gasteiger partial charge in [0.05, 0.1) is 18.6 Å². The number of nitrogens with one attached hydrogen (secondary N) is 1. The number of fused-ring (bicyclic) bond motifs is 1. The summed E-state index contributed by atoms with van der Waals surface area (Å²) in [7, 11) is 1.39. The SMILES string of the molecule is COC(=O)CCc1[nH]c2ccc(OCc3ccc(C4CCC4)c(C)c3)cc2c1Cl. The molecule has 0 saturated heterocycles. The molecule has 4 rings (SSSR count). The average molecular weight is 412 g/mol. The van der Waals surface area contributed by atoms with Crippen LogP contribution < -0.4 is 4.74 Å². The molecule has 1 aliphatic carbocycles. The molecule has 29 heavy (non-hydrogen) atoms. The summed E-state index contributed by atoms with van der Waals surface area (Å²) in [5.41, 5.74) is 5.79. The fourth-order valence-electron chi connectivity index (χ4n) is 3.96. The van der Waals surface area contributed by atoms with Gasteiger partial charge in [0.15, 0.2) is 0 Å². The van der Waals surface area contributed by atoms with E-state index in [1.165, 1.54) is 43.1 Å². The van der Waals surface area contributed by atoms with E-state index in [1.807, 2.05) is 18.2 Å². The highest BCUT2D eigenvalue weighted by atomic mass is 35.5. The molecular weight excluding hydrogens is 386 g/mol. The molecule has 1 heterocycles. The first kappa shape index (κ1) is 19.8. The molecule has 0 spiro atoms. The van der Waals surface area contributed by atoms with Gasteiger partial charge in [-0.1, -0.05) is 36.2 Å². The first-order valence-electron chi connectivity index (χ1n) is 10.1. The van der Waals surface area contributed by atoms with E-state index in [0.29, 0.717) is 24.5 Å². The second kappa shape index (κ2) is 8.50. The number of halogens is 1. The Morgan fingerprint density at radius 3 is 2.72 bits per heavy atom. The third-order valence-electron chi connectivity index (χ3n) is 5.87. The van der Waals surface area contributed by atoms with E-state index in [4.69, 9.17) is 21.1 Å². The molecule has 152 valence electrons. The second-order valence-corrected chi connectivity index (χ2v) is 8.19. The minimum Gasteiger partial charge on any atom is -0.489 e. The van der Waals surface area contributed by atoms with Crippen molar-refractivity contribution >= 4 is 28.5 Å². The molecular formula is C24H26ClNO3. The molecule has 0 unspecified atom stereocenters. The molecule has 0 bridgehead atoms. The number of H-pyrrole nitrogens is 1. The Balaban J connectivity index is 1.45. The maximum absolute atomic E-state index is 11.4. The van der Waals surface area contributed by atoms with E-state index in [2.05, 4.69) is 30.1 Å². The lowest BCUT2D eigenvalue weighted by molar-refractivity contribution is -0.140. The molecule has 1 aliphatic rings. The van der Waals surface area contributed by atoms with Gasteiger partial charge in [-0.15, -0.1) is 0 Å². The first-order chi connectivity index (χ1) is 14.0. The van der Waals surface area contributed by atoms with Gasteiger partial charge in [-0.2, -0.15) is 0 Å². The predicted molar refractivity (Wildman–Crippen MR) is 116 cm³/mol. The summed E-state index contributed by atoms with van der Waals surface area (Å²) in [4.78, 5) is 14.7. The lowest BCUT2D eigenvalue weighted by Gasteiger charge is -2.27. The Morgan fingerprint density at radius 2 is 2.03 bits per heavy atom. The van der Waals surface area contributed by atoms with Crippen LogP contribution in [-0.2, 0) is 22.6 Å². The maximum Gasteiger partial charge on any atom is 0.305 e. The minimum absolute atomic E-state index is 0.248. The van der Waals surface area contributed by atoms with Crippen LogP contribution in [-0.4, -0.2) is 18.1 Å². The molecule has 1 N–H and O–H groups in total. The van der Waals surface area contributed by atoms with Crippen LogP contribution in [0.15, 0.2) is 36.4 Å². The standard InChI is InChI=1S/C24H26ClNO3/c1-15-12-16(6-8-19(15)17-4-3-5-17)14-29-18-7-9-21-20(13-18)24(25)22(26-21)10-11-23(27)28-2/h6-9,12-13,17,26H,3-5,10-11,14H2,1-2H3. The van der Waals surface area contributed by atoms with E-state index >= 15 is 0 Å². The van der Waals surface area contributed by atoms with Crippen LogP contribution in [0, 0.1) is 6.92 Å². The number of rotatable bonds is 7. The van der Waals surface area contributed by atoms with Crippen molar-refractivity contribution in [1.82, 2.24) is 4.98 Å². The van der Waals surface area contributed by atoms with Gasteiger partial charge in [0.2, 0.25) is 0 Å².